The molecule has 342 valence electrons. The molecule has 12 aromatic rings. The van der Waals surface area contributed by atoms with Crippen LogP contribution in [0.2, 0.25) is 0 Å². The fourth-order valence-electron chi connectivity index (χ4n) is 10.5. The summed E-state index contributed by atoms with van der Waals surface area (Å²) >= 11 is 0. The number of fused-ring (bicyclic) bond motifs is 6. The summed E-state index contributed by atoms with van der Waals surface area (Å²) in [5.74, 6) is -1.58. The van der Waals surface area contributed by atoms with Crippen molar-refractivity contribution in [3.8, 4) is 97.4 Å². The number of nitriles is 5. The first kappa shape index (κ1) is 44.3. The number of aromatic nitrogens is 2. The molecule has 0 aliphatic carbocycles. The number of halogens is 2. The summed E-state index contributed by atoms with van der Waals surface area (Å²) in [5, 5.41) is 56.2. The molecule has 12 rings (SSSR count). The second kappa shape index (κ2) is 17.8. The fraction of sp³-hybridized carbons (Fsp3) is 0. The van der Waals surface area contributed by atoms with Gasteiger partial charge in [-0.3, -0.25) is 0 Å². The van der Waals surface area contributed by atoms with Gasteiger partial charge in [-0.2, -0.15) is 26.3 Å². The van der Waals surface area contributed by atoms with Crippen LogP contribution in [0.4, 0.5) is 8.78 Å². The van der Waals surface area contributed by atoms with E-state index < -0.39 is 11.6 Å². The molecule has 0 radical (unpaired) electrons. The summed E-state index contributed by atoms with van der Waals surface area (Å²) in [5.41, 5.74) is 12.0. The molecule has 0 bridgehead atoms. The van der Waals surface area contributed by atoms with Crippen LogP contribution in [0.5, 0.6) is 0 Å². The van der Waals surface area contributed by atoms with Gasteiger partial charge in [0.15, 0.2) is 0 Å². The molecule has 2 heterocycles. The highest BCUT2D eigenvalue weighted by molar-refractivity contribution is 6.13. The third-order valence-corrected chi connectivity index (χ3v) is 13.9. The number of rotatable bonds is 7. The Balaban J connectivity index is 1.26. The second-order valence-electron chi connectivity index (χ2n) is 17.9. The molecule has 0 aliphatic rings. The molecule has 10 aromatic carbocycles. The molecule has 2 aromatic heterocycles. The van der Waals surface area contributed by atoms with E-state index in [4.69, 9.17) is 0 Å². The van der Waals surface area contributed by atoms with Crippen molar-refractivity contribution in [2.75, 3.05) is 0 Å². The maximum atomic E-state index is 15.5. The number of nitrogens with zero attached hydrogens (tertiary/aromatic N) is 7. The van der Waals surface area contributed by atoms with Gasteiger partial charge in [0.2, 0.25) is 0 Å². The average molecular weight is 950 g/mol. The predicted molar refractivity (Wildman–Crippen MR) is 286 cm³/mol. The lowest BCUT2D eigenvalue weighted by atomic mass is 9.98. The molecule has 0 saturated carbocycles. The molecule has 74 heavy (non-hydrogen) atoms. The van der Waals surface area contributed by atoms with Gasteiger partial charge in [-0.25, -0.2) is 8.78 Å². The summed E-state index contributed by atoms with van der Waals surface area (Å²) < 4.78 is 35.0. The first-order valence-corrected chi connectivity index (χ1v) is 23.5. The third kappa shape index (κ3) is 7.20. The van der Waals surface area contributed by atoms with Crippen LogP contribution >= 0.6 is 0 Å². The van der Waals surface area contributed by atoms with E-state index in [2.05, 4.69) is 30.3 Å². The minimum atomic E-state index is -0.788. The quantitative estimate of drug-likeness (QED) is 0.157. The van der Waals surface area contributed by atoms with Crippen LogP contribution in [-0.4, -0.2) is 9.13 Å². The highest BCUT2D eigenvalue weighted by Gasteiger charge is 2.25. The van der Waals surface area contributed by atoms with Gasteiger partial charge < -0.3 is 9.13 Å². The lowest BCUT2D eigenvalue weighted by Gasteiger charge is -2.19. The van der Waals surface area contributed by atoms with Gasteiger partial charge in [-0.1, -0.05) is 121 Å². The van der Waals surface area contributed by atoms with E-state index in [1.807, 2.05) is 155 Å². The van der Waals surface area contributed by atoms with Gasteiger partial charge in [0, 0.05) is 27.6 Å². The molecule has 0 aliphatic heterocycles. The van der Waals surface area contributed by atoms with Crippen molar-refractivity contribution in [3.05, 3.63) is 240 Å². The van der Waals surface area contributed by atoms with E-state index in [1.54, 1.807) is 36.4 Å². The first-order valence-electron chi connectivity index (χ1n) is 23.5. The van der Waals surface area contributed by atoms with E-state index in [1.165, 1.54) is 12.1 Å². The molecule has 7 nitrogen and oxygen atoms in total. The molecule has 0 spiro atoms. The second-order valence-corrected chi connectivity index (χ2v) is 17.9. The largest absolute Gasteiger partial charge is 0.308 e. The molecule has 0 amide bonds. The van der Waals surface area contributed by atoms with Gasteiger partial charge in [-0.15, -0.1) is 0 Å². The van der Waals surface area contributed by atoms with Crippen LogP contribution in [0.1, 0.15) is 27.8 Å². The van der Waals surface area contributed by atoms with Gasteiger partial charge in [0.1, 0.15) is 23.3 Å². The van der Waals surface area contributed by atoms with Crippen LogP contribution in [-0.2, 0) is 0 Å². The summed E-state index contributed by atoms with van der Waals surface area (Å²) in [6.07, 6.45) is 0. The van der Waals surface area contributed by atoms with E-state index in [-0.39, 0.29) is 11.1 Å². The SMILES string of the molecule is N#Cc1ccccc1-c1ccc2c3ccc(-c4ccccc4C#N)cc3n(-c3cc(-c4cc(F)cc(F)c4)cc(-n4c5cc(-c6ccccc6C#N)ccc5c5ccc(-c6ccccc6C#N)cc54)c3C#N)c2c1. The first-order chi connectivity index (χ1) is 36.3. The molecule has 9 heteroatoms. The maximum Gasteiger partial charge on any atom is 0.126 e. The number of benzene rings is 10. The highest BCUT2D eigenvalue weighted by Crippen LogP contribution is 2.44. The highest BCUT2D eigenvalue weighted by atomic mass is 19.1. The molecule has 0 atom stereocenters. The topological polar surface area (TPSA) is 129 Å². The van der Waals surface area contributed by atoms with E-state index >= 15 is 8.78 Å². The Morgan fingerprint density at radius 1 is 0.284 bits per heavy atom. The third-order valence-electron chi connectivity index (χ3n) is 13.9. The van der Waals surface area contributed by atoms with Crippen molar-refractivity contribution in [2.24, 2.45) is 0 Å². The maximum absolute atomic E-state index is 15.5. The Hall–Kier alpha value is -10.9. The Morgan fingerprint density at radius 2 is 0.568 bits per heavy atom. The van der Waals surface area contributed by atoms with Gasteiger partial charge in [-0.05, 0) is 128 Å². The summed E-state index contributed by atoms with van der Waals surface area (Å²) in [7, 11) is 0. The molecule has 0 unspecified atom stereocenters. The van der Waals surface area contributed by atoms with E-state index in [0.717, 1.165) is 49.9 Å². The van der Waals surface area contributed by atoms with Gasteiger partial charge >= 0.3 is 0 Å². The standard InChI is InChI=1S/C65H33F2N7/c66-49-25-47(26-50(67)33-49)48-31-64(73-60-27-39(51-13-5-1-9-43(51)34-68)17-21-55(60)56-22-18-40(28-61(56)73)52-14-6-2-10-44(52)35-69)59(38-72)65(32-48)74-62-29-41(53-15-7-3-11-45(53)36-70)19-23-57(62)58-24-20-42(30-63(58)74)54-16-8-4-12-46(54)37-71/h1-33H. The molecule has 0 N–H and O–H groups in total. The van der Waals surface area contributed by atoms with Crippen LogP contribution in [0, 0.1) is 68.3 Å². The summed E-state index contributed by atoms with van der Waals surface area (Å²) in [6, 6.07) is 71.9. The lowest BCUT2D eigenvalue weighted by Crippen LogP contribution is -2.06. The number of hydrogen-bond donors (Lipinski definition) is 0. The van der Waals surface area contributed by atoms with Crippen molar-refractivity contribution >= 4 is 43.6 Å². The van der Waals surface area contributed by atoms with Crippen LogP contribution in [0.15, 0.2) is 200 Å². The van der Waals surface area contributed by atoms with Crippen LogP contribution in [0.25, 0.3) is 111 Å². The molecular formula is C65H33F2N7. The summed E-state index contributed by atoms with van der Waals surface area (Å²) in [6.45, 7) is 0. The van der Waals surface area contributed by atoms with E-state index in [0.29, 0.717) is 83.5 Å². The van der Waals surface area contributed by atoms with Gasteiger partial charge in [0.05, 0.1) is 80.0 Å². The Labute approximate surface area is 423 Å². The van der Waals surface area contributed by atoms with Gasteiger partial charge in [0.25, 0.3) is 0 Å². The minimum Gasteiger partial charge on any atom is -0.308 e. The Morgan fingerprint density at radius 3 is 0.851 bits per heavy atom. The van der Waals surface area contributed by atoms with E-state index in [9.17, 15) is 26.3 Å². The molecule has 0 saturated heterocycles. The summed E-state index contributed by atoms with van der Waals surface area (Å²) in [4.78, 5) is 0. The average Bonchev–Trinajstić information content (AvgIpc) is 3.96. The zero-order valence-corrected chi connectivity index (χ0v) is 38.9. The minimum absolute atomic E-state index is 0.208. The normalized spacial score (nSPS) is 11.0. The van der Waals surface area contributed by atoms with Crippen molar-refractivity contribution in [1.29, 1.82) is 26.3 Å². The fourth-order valence-corrected chi connectivity index (χ4v) is 10.5. The lowest BCUT2D eigenvalue weighted by molar-refractivity contribution is 0.584. The predicted octanol–water partition coefficient (Wildman–Crippen LogP) is 15.9. The smallest absolute Gasteiger partial charge is 0.126 e. The van der Waals surface area contributed by atoms with Crippen molar-refractivity contribution in [3.63, 3.8) is 0 Å². The zero-order valence-electron chi connectivity index (χ0n) is 38.9. The van der Waals surface area contributed by atoms with Crippen LogP contribution in [0.3, 0.4) is 0 Å². The number of hydrogen-bond acceptors (Lipinski definition) is 5. The van der Waals surface area contributed by atoms with Crippen molar-refractivity contribution < 1.29 is 8.78 Å². The van der Waals surface area contributed by atoms with Crippen molar-refractivity contribution in [2.45, 2.75) is 0 Å². The molecular weight excluding hydrogens is 917 g/mol. The Bertz CT molecular complexity index is 4090. The molecule has 0 fully saturated rings. The van der Waals surface area contributed by atoms with Crippen LogP contribution < -0.4 is 0 Å². The monoisotopic (exact) mass is 949 g/mol. The zero-order chi connectivity index (χ0) is 50.6. The Kier molecular flexibility index (Phi) is 10.7. The van der Waals surface area contributed by atoms with Crippen molar-refractivity contribution in [1.82, 2.24) is 9.13 Å².